The maximum absolute atomic E-state index is 12.3. The Morgan fingerprint density at radius 3 is 2.40 bits per heavy atom. The normalized spacial score (nSPS) is 11.4. The fraction of sp³-hybridized carbons (Fsp3) is 0.467. The van der Waals surface area contributed by atoms with Crippen molar-refractivity contribution in [3.63, 3.8) is 0 Å². The molecule has 1 aromatic carbocycles. The molecule has 0 unspecified atom stereocenters. The molecule has 0 N–H and O–H groups in total. The van der Waals surface area contributed by atoms with E-state index in [4.69, 9.17) is 0 Å². The minimum absolute atomic E-state index is 0.232. The molecule has 0 aliphatic heterocycles. The molecule has 0 bridgehead atoms. The maximum Gasteiger partial charge on any atom is 0.331 e. The smallest absolute Gasteiger partial charge is 0.302 e. The van der Waals surface area contributed by atoms with Crippen LogP contribution < -0.4 is 11.2 Å². The zero-order valence-electron chi connectivity index (χ0n) is 12.3. The van der Waals surface area contributed by atoms with Crippen LogP contribution in [0.3, 0.4) is 0 Å². The number of fused-ring (bicyclic) bond motifs is 1. The van der Waals surface area contributed by atoms with E-state index in [2.05, 4.69) is 18.7 Å². The summed E-state index contributed by atoms with van der Waals surface area (Å²) in [5.41, 5.74) is 0.235. The Kier molecular flexibility index (Phi) is 4.39. The lowest BCUT2D eigenvalue weighted by Gasteiger charge is -2.19. The Hall–Kier alpha value is -1.88. The zero-order valence-corrected chi connectivity index (χ0v) is 12.3. The summed E-state index contributed by atoms with van der Waals surface area (Å²) < 4.78 is 2.87. The number of benzene rings is 1. The third-order valence-corrected chi connectivity index (χ3v) is 3.78. The second-order valence-electron chi connectivity index (χ2n) is 4.84. The maximum atomic E-state index is 12.3. The van der Waals surface area contributed by atoms with Crippen molar-refractivity contribution >= 4 is 10.9 Å². The first kappa shape index (κ1) is 14.5. The fourth-order valence-corrected chi connectivity index (χ4v) is 2.44. The summed E-state index contributed by atoms with van der Waals surface area (Å²) in [5, 5.41) is 0.592. The number of hydrogen-bond acceptors (Lipinski definition) is 3. The Morgan fingerprint density at radius 2 is 1.75 bits per heavy atom. The van der Waals surface area contributed by atoms with Crippen LogP contribution in [0.4, 0.5) is 0 Å². The monoisotopic (exact) mass is 275 g/mol. The standard InChI is InChI=1S/C15H21N3O2/c1-4-17(5-2)10-11-18-13-9-7-6-8-12(13)14(19)16(3)15(18)20/h6-9H,4-5,10-11H2,1-3H3. The second-order valence-corrected chi connectivity index (χ2v) is 4.84. The predicted molar refractivity (Wildman–Crippen MR) is 81.2 cm³/mol. The van der Waals surface area contributed by atoms with Crippen molar-refractivity contribution in [3.05, 3.63) is 45.1 Å². The van der Waals surface area contributed by atoms with Gasteiger partial charge < -0.3 is 4.90 Å². The predicted octanol–water partition coefficient (Wildman–Crippen LogP) is 1.04. The number of rotatable bonds is 5. The summed E-state index contributed by atoms with van der Waals surface area (Å²) in [6.45, 7) is 7.50. The van der Waals surface area contributed by atoms with Gasteiger partial charge in [0.1, 0.15) is 0 Å². The Morgan fingerprint density at radius 1 is 1.10 bits per heavy atom. The highest BCUT2D eigenvalue weighted by Gasteiger charge is 2.10. The van der Waals surface area contributed by atoms with Gasteiger partial charge in [-0.3, -0.25) is 13.9 Å². The molecule has 1 heterocycles. The quantitative estimate of drug-likeness (QED) is 0.819. The molecule has 0 saturated heterocycles. The molecular weight excluding hydrogens is 254 g/mol. The van der Waals surface area contributed by atoms with Crippen LogP contribution in [0.2, 0.25) is 0 Å². The van der Waals surface area contributed by atoms with Gasteiger partial charge >= 0.3 is 5.69 Å². The minimum Gasteiger partial charge on any atom is -0.302 e. The van der Waals surface area contributed by atoms with Crippen molar-refractivity contribution in [3.8, 4) is 0 Å². The first-order valence-electron chi connectivity index (χ1n) is 7.01. The van der Waals surface area contributed by atoms with Crippen LogP contribution in [0, 0.1) is 0 Å². The molecule has 0 aliphatic carbocycles. The molecule has 2 aromatic rings. The highest BCUT2D eigenvalue weighted by atomic mass is 16.2. The Labute approximate surface area is 118 Å². The fourth-order valence-electron chi connectivity index (χ4n) is 2.44. The van der Waals surface area contributed by atoms with Gasteiger partial charge in [0, 0.05) is 20.1 Å². The van der Waals surface area contributed by atoms with Crippen molar-refractivity contribution in [1.82, 2.24) is 14.0 Å². The van der Waals surface area contributed by atoms with E-state index in [-0.39, 0.29) is 11.2 Å². The van der Waals surface area contributed by atoms with Gasteiger partial charge in [-0.25, -0.2) is 4.79 Å². The highest BCUT2D eigenvalue weighted by molar-refractivity contribution is 5.77. The summed E-state index contributed by atoms with van der Waals surface area (Å²) in [7, 11) is 1.53. The van der Waals surface area contributed by atoms with Gasteiger partial charge in [0.2, 0.25) is 0 Å². The number of nitrogens with zero attached hydrogens (tertiary/aromatic N) is 3. The second kappa shape index (κ2) is 6.05. The van der Waals surface area contributed by atoms with Crippen LogP contribution in [-0.4, -0.2) is 33.7 Å². The third kappa shape index (κ3) is 2.54. The molecule has 0 saturated carbocycles. The molecule has 2 rings (SSSR count). The van der Waals surface area contributed by atoms with E-state index >= 15 is 0 Å². The van der Waals surface area contributed by atoms with Crippen molar-refractivity contribution in [2.75, 3.05) is 19.6 Å². The summed E-state index contributed by atoms with van der Waals surface area (Å²) in [5.74, 6) is 0. The molecule has 0 atom stereocenters. The van der Waals surface area contributed by atoms with E-state index < -0.39 is 0 Å². The Bertz CT molecular complexity index is 711. The van der Waals surface area contributed by atoms with Crippen LogP contribution in [0.25, 0.3) is 10.9 Å². The van der Waals surface area contributed by atoms with Crippen molar-refractivity contribution in [2.45, 2.75) is 20.4 Å². The largest absolute Gasteiger partial charge is 0.331 e. The van der Waals surface area contributed by atoms with Crippen molar-refractivity contribution < 1.29 is 0 Å². The van der Waals surface area contributed by atoms with Gasteiger partial charge in [-0.2, -0.15) is 0 Å². The SMILES string of the molecule is CCN(CC)CCn1c(=O)n(C)c(=O)c2ccccc21. The highest BCUT2D eigenvalue weighted by Crippen LogP contribution is 2.07. The number of hydrogen-bond donors (Lipinski definition) is 0. The summed E-state index contributed by atoms with van der Waals surface area (Å²) in [6, 6.07) is 7.28. The summed E-state index contributed by atoms with van der Waals surface area (Å²) in [6.07, 6.45) is 0. The van der Waals surface area contributed by atoms with Crippen LogP contribution in [-0.2, 0) is 13.6 Å². The van der Waals surface area contributed by atoms with E-state index in [0.717, 1.165) is 19.6 Å². The molecule has 0 radical (unpaired) electrons. The number of likely N-dealkylation sites (N-methyl/N-ethyl adjacent to an activating group) is 1. The van der Waals surface area contributed by atoms with Gasteiger partial charge in [-0.1, -0.05) is 26.0 Å². The van der Waals surface area contributed by atoms with Crippen molar-refractivity contribution in [1.29, 1.82) is 0 Å². The summed E-state index contributed by atoms with van der Waals surface area (Å²) >= 11 is 0. The van der Waals surface area contributed by atoms with Crippen LogP contribution in [0.1, 0.15) is 13.8 Å². The van der Waals surface area contributed by atoms with E-state index in [1.165, 1.54) is 11.6 Å². The van der Waals surface area contributed by atoms with E-state index in [9.17, 15) is 9.59 Å². The molecule has 1 aromatic heterocycles. The van der Waals surface area contributed by atoms with Crippen LogP contribution in [0.5, 0.6) is 0 Å². The van der Waals surface area contributed by atoms with Gasteiger partial charge in [0.05, 0.1) is 10.9 Å². The third-order valence-electron chi connectivity index (χ3n) is 3.78. The first-order valence-corrected chi connectivity index (χ1v) is 7.01. The van der Waals surface area contributed by atoms with E-state index in [1.807, 2.05) is 18.2 Å². The topological polar surface area (TPSA) is 47.2 Å². The van der Waals surface area contributed by atoms with Gasteiger partial charge in [-0.15, -0.1) is 0 Å². The van der Waals surface area contributed by atoms with Gasteiger partial charge in [0.15, 0.2) is 0 Å². The van der Waals surface area contributed by atoms with Crippen molar-refractivity contribution in [2.24, 2.45) is 7.05 Å². The lowest BCUT2D eigenvalue weighted by molar-refractivity contribution is 0.289. The van der Waals surface area contributed by atoms with Crippen LogP contribution in [0.15, 0.2) is 33.9 Å². The summed E-state index contributed by atoms with van der Waals surface area (Å²) in [4.78, 5) is 26.6. The number of aromatic nitrogens is 2. The molecular formula is C15H21N3O2. The molecule has 0 spiro atoms. The molecule has 20 heavy (non-hydrogen) atoms. The lowest BCUT2D eigenvalue weighted by Crippen LogP contribution is -2.40. The Balaban J connectivity index is 2.52. The first-order chi connectivity index (χ1) is 9.60. The van der Waals surface area contributed by atoms with Gasteiger partial charge in [-0.05, 0) is 25.2 Å². The van der Waals surface area contributed by atoms with Crippen LogP contribution >= 0.6 is 0 Å². The molecule has 108 valence electrons. The van der Waals surface area contributed by atoms with E-state index in [0.29, 0.717) is 17.4 Å². The average Bonchev–Trinajstić information content (AvgIpc) is 2.49. The molecule has 0 fully saturated rings. The molecule has 0 amide bonds. The lowest BCUT2D eigenvalue weighted by atomic mass is 10.2. The minimum atomic E-state index is -0.249. The van der Waals surface area contributed by atoms with Gasteiger partial charge in [0.25, 0.3) is 5.56 Å². The number of para-hydroxylation sites is 1. The van der Waals surface area contributed by atoms with E-state index in [1.54, 1.807) is 10.6 Å². The average molecular weight is 275 g/mol. The molecule has 5 nitrogen and oxygen atoms in total. The zero-order chi connectivity index (χ0) is 14.7. The molecule has 0 aliphatic rings. The molecule has 5 heteroatoms.